The molecule has 11 aromatic carbocycles. The van der Waals surface area contributed by atoms with Crippen LogP contribution in [0.1, 0.15) is 0 Å². The van der Waals surface area contributed by atoms with E-state index in [9.17, 15) is 0 Å². The molecule has 302 valence electrons. The summed E-state index contributed by atoms with van der Waals surface area (Å²) in [5.41, 5.74) is 15.5. The maximum Gasteiger partial charge on any atom is 0.0716 e. The number of para-hydroxylation sites is 3. The molecule has 3 aromatic heterocycles. The summed E-state index contributed by atoms with van der Waals surface area (Å²) in [5.74, 6) is 0. The molecule has 0 fully saturated rings. The summed E-state index contributed by atoms with van der Waals surface area (Å²) in [4.78, 5) is 0. The predicted molar refractivity (Wildman–Crippen MR) is 275 cm³/mol. The normalized spacial score (nSPS) is 12.0. The third kappa shape index (κ3) is 5.36. The summed E-state index contributed by atoms with van der Waals surface area (Å²) in [6.45, 7) is 0. The number of hydrogen-bond acceptors (Lipinski definition) is 0. The SMILES string of the molecule is c1ccc(-n2c3ccc(-c4ccc5c(c4)c4cc(-c6cccc7ccccc67)ccc4n5-n4c5ccccc5c5ccccc54)cc3c3cc(-c4cccc5ccccc45)ccc32)cc1. The maximum atomic E-state index is 2.44. The standard InChI is InChI=1S/C62H39N3/c1-2-18-46(19-3-1)63-57-32-28-42(36-53(57)54-38-44(30-33-58(54)63)49-24-12-16-40-14-4-6-20-47(40)49)43-29-34-61-55(37-43)56-39-45(50-25-13-17-41-15-5-7-21-48(41)50)31-35-62(56)65(61)64-59-26-10-8-22-51(59)52-23-9-11-27-60(52)64/h1-39H. The van der Waals surface area contributed by atoms with E-state index in [1.165, 1.54) is 109 Å². The maximum absolute atomic E-state index is 2.44. The van der Waals surface area contributed by atoms with E-state index in [0.29, 0.717) is 0 Å². The van der Waals surface area contributed by atoms with E-state index in [-0.39, 0.29) is 0 Å². The molecule has 0 saturated carbocycles. The second-order valence-corrected chi connectivity index (χ2v) is 17.3. The van der Waals surface area contributed by atoms with Gasteiger partial charge in [-0.1, -0.05) is 164 Å². The van der Waals surface area contributed by atoms with Gasteiger partial charge in [-0.2, -0.15) is 0 Å². The van der Waals surface area contributed by atoms with Crippen LogP contribution < -0.4 is 0 Å². The minimum atomic E-state index is 1.15. The second kappa shape index (κ2) is 13.9. The average molecular weight is 826 g/mol. The first-order valence-corrected chi connectivity index (χ1v) is 22.4. The van der Waals surface area contributed by atoms with Crippen molar-refractivity contribution in [3.8, 4) is 39.1 Å². The average Bonchev–Trinajstić information content (AvgIpc) is 4.00. The molecule has 0 amide bonds. The van der Waals surface area contributed by atoms with Gasteiger partial charge in [-0.15, -0.1) is 0 Å². The minimum Gasteiger partial charge on any atom is -0.309 e. The second-order valence-electron chi connectivity index (χ2n) is 17.3. The molecular weight excluding hydrogens is 787 g/mol. The van der Waals surface area contributed by atoms with Gasteiger partial charge in [-0.05, 0) is 128 Å². The van der Waals surface area contributed by atoms with Gasteiger partial charge in [0.1, 0.15) is 0 Å². The number of fused-ring (bicyclic) bond motifs is 11. The fourth-order valence-electron chi connectivity index (χ4n) is 10.9. The van der Waals surface area contributed by atoms with E-state index in [1.807, 2.05) is 0 Å². The van der Waals surface area contributed by atoms with Crippen molar-refractivity contribution in [1.29, 1.82) is 0 Å². The van der Waals surface area contributed by atoms with Crippen LogP contribution in [0.5, 0.6) is 0 Å². The van der Waals surface area contributed by atoms with Crippen molar-refractivity contribution in [3.05, 3.63) is 237 Å². The monoisotopic (exact) mass is 825 g/mol. The summed E-state index contributed by atoms with van der Waals surface area (Å²) in [7, 11) is 0. The molecule has 3 heteroatoms. The predicted octanol–water partition coefficient (Wildman–Crippen LogP) is 16.6. The fraction of sp³-hybridized carbons (Fsp3) is 0. The van der Waals surface area contributed by atoms with Gasteiger partial charge in [0.15, 0.2) is 0 Å². The van der Waals surface area contributed by atoms with Crippen molar-refractivity contribution in [2.45, 2.75) is 0 Å². The van der Waals surface area contributed by atoms with E-state index in [1.54, 1.807) is 0 Å². The molecule has 0 spiro atoms. The molecule has 65 heavy (non-hydrogen) atoms. The lowest BCUT2D eigenvalue weighted by molar-refractivity contribution is 0.775. The fourth-order valence-corrected chi connectivity index (χ4v) is 10.9. The first-order chi connectivity index (χ1) is 32.2. The van der Waals surface area contributed by atoms with Crippen LogP contribution in [0.25, 0.3) is 126 Å². The molecule has 3 heterocycles. The molecule has 14 rings (SSSR count). The molecule has 0 bridgehead atoms. The van der Waals surface area contributed by atoms with Crippen LogP contribution in [0, 0.1) is 0 Å². The zero-order valence-electron chi connectivity index (χ0n) is 35.4. The zero-order chi connectivity index (χ0) is 42.6. The lowest BCUT2D eigenvalue weighted by Gasteiger charge is -2.14. The van der Waals surface area contributed by atoms with Crippen molar-refractivity contribution in [2.75, 3.05) is 0 Å². The van der Waals surface area contributed by atoms with Gasteiger partial charge >= 0.3 is 0 Å². The van der Waals surface area contributed by atoms with Gasteiger partial charge in [0.05, 0.1) is 33.1 Å². The van der Waals surface area contributed by atoms with Crippen LogP contribution in [0.4, 0.5) is 0 Å². The highest BCUT2D eigenvalue weighted by atomic mass is 15.5. The summed E-state index contributed by atoms with van der Waals surface area (Å²) in [5, 5.41) is 12.4. The number of nitrogens with zero attached hydrogens (tertiary/aromatic N) is 3. The van der Waals surface area contributed by atoms with E-state index in [0.717, 1.165) is 16.7 Å². The third-order valence-electron chi connectivity index (χ3n) is 13.8. The smallest absolute Gasteiger partial charge is 0.0716 e. The third-order valence-corrected chi connectivity index (χ3v) is 13.8. The number of benzene rings is 11. The molecule has 0 aliphatic rings. The summed E-state index contributed by atoms with van der Waals surface area (Å²) >= 11 is 0. The number of hydrogen-bond donors (Lipinski definition) is 0. The lowest BCUT2D eigenvalue weighted by Crippen LogP contribution is -2.08. The van der Waals surface area contributed by atoms with E-state index >= 15 is 0 Å². The van der Waals surface area contributed by atoms with Gasteiger partial charge in [0, 0.05) is 38.0 Å². The van der Waals surface area contributed by atoms with Crippen molar-refractivity contribution in [1.82, 2.24) is 13.9 Å². The van der Waals surface area contributed by atoms with Crippen LogP contribution in [-0.4, -0.2) is 13.9 Å². The Kier molecular flexibility index (Phi) is 7.69. The van der Waals surface area contributed by atoms with Crippen molar-refractivity contribution in [3.63, 3.8) is 0 Å². The zero-order valence-corrected chi connectivity index (χ0v) is 35.4. The molecule has 0 saturated heterocycles. The first-order valence-electron chi connectivity index (χ1n) is 22.4. The summed E-state index contributed by atoms with van der Waals surface area (Å²) in [6, 6.07) is 87.2. The molecule has 0 radical (unpaired) electrons. The Morgan fingerprint density at radius 1 is 0.215 bits per heavy atom. The Bertz CT molecular complexity index is 4170. The van der Waals surface area contributed by atoms with Gasteiger partial charge in [0.25, 0.3) is 0 Å². The van der Waals surface area contributed by atoms with Gasteiger partial charge in [-0.3, -0.25) is 0 Å². The van der Waals surface area contributed by atoms with Crippen LogP contribution in [0.15, 0.2) is 237 Å². The van der Waals surface area contributed by atoms with Gasteiger partial charge < -0.3 is 4.57 Å². The lowest BCUT2D eigenvalue weighted by atomic mass is 9.96. The highest BCUT2D eigenvalue weighted by Gasteiger charge is 2.21. The van der Waals surface area contributed by atoms with Crippen LogP contribution >= 0.6 is 0 Å². The summed E-state index contributed by atoms with van der Waals surface area (Å²) < 4.78 is 7.28. The Morgan fingerprint density at radius 2 is 0.569 bits per heavy atom. The Morgan fingerprint density at radius 3 is 1.08 bits per heavy atom. The number of rotatable bonds is 5. The van der Waals surface area contributed by atoms with Crippen LogP contribution in [0.2, 0.25) is 0 Å². The van der Waals surface area contributed by atoms with Crippen molar-refractivity contribution < 1.29 is 0 Å². The molecule has 0 aliphatic carbocycles. The molecule has 14 aromatic rings. The Balaban J connectivity index is 1.02. The topological polar surface area (TPSA) is 14.8 Å². The minimum absolute atomic E-state index is 1.15. The van der Waals surface area contributed by atoms with Crippen molar-refractivity contribution >= 4 is 87.0 Å². The molecular formula is C62H39N3. The van der Waals surface area contributed by atoms with E-state index in [4.69, 9.17) is 0 Å². The molecule has 0 atom stereocenters. The van der Waals surface area contributed by atoms with Gasteiger partial charge in [0.2, 0.25) is 0 Å². The summed E-state index contributed by atoms with van der Waals surface area (Å²) in [6.07, 6.45) is 0. The Labute approximate surface area is 374 Å². The quantitative estimate of drug-likeness (QED) is 0.164. The van der Waals surface area contributed by atoms with E-state index in [2.05, 4.69) is 251 Å². The largest absolute Gasteiger partial charge is 0.309 e. The van der Waals surface area contributed by atoms with Crippen LogP contribution in [-0.2, 0) is 0 Å². The Hall–Kier alpha value is -8.66. The van der Waals surface area contributed by atoms with E-state index < -0.39 is 0 Å². The highest BCUT2D eigenvalue weighted by Crippen LogP contribution is 2.42. The van der Waals surface area contributed by atoms with Gasteiger partial charge in [-0.25, -0.2) is 9.35 Å². The molecule has 0 unspecified atom stereocenters. The first kappa shape index (κ1) is 35.9. The molecule has 0 aliphatic heterocycles. The molecule has 0 N–H and O–H groups in total. The highest BCUT2D eigenvalue weighted by molar-refractivity contribution is 6.15. The van der Waals surface area contributed by atoms with Crippen LogP contribution in [0.3, 0.4) is 0 Å². The molecule has 3 nitrogen and oxygen atoms in total. The number of aromatic nitrogens is 3. The van der Waals surface area contributed by atoms with Crippen molar-refractivity contribution in [2.24, 2.45) is 0 Å².